The lowest BCUT2D eigenvalue weighted by Gasteiger charge is -2.35. The van der Waals surface area contributed by atoms with Crippen LogP contribution >= 0.6 is 0 Å². The summed E-state index contributed by atoms with van der Waals surface area (Å²) in [5.74, 6) is -0.372. The zero-order valence-corrected chi connectivity index (χ0v) is 17.2. The van der Waals surface area contributed by atoms with Crippen molar-refractivity contribution in [3.8, 4) is 0 Å². The quantitative estimate of drug-likeness (QED) is 0.687. The first-order chi connectivity index (χ1) is 12.6. The van der Waals surface area contributed by atoms with Gasteiger partial charge in [0.2, 0.25) is 5.91 Å². The minimum Gasteiger partial charge on any atom is -0.441 e. The predicted octanol–water partition coefficient (Wildman–Crippen LogP) is 4.32. The molecule has 0 saturated carbocycles. The number of ether oxygens (including phenoxy) is 1. The molecule has 1 saturated heterocycles. The topological polar surface area (TPSA) is 66.8 Å². The molecule has 5 nitrogen and oxygen atoms in total. The average Bonchev–Trinajstić information content (AvgIpc) is 2.83. The number of amides is 2. The van der Waals surface area contributed by atoms with Gasteiger partial charge in [-0.05, 0) is 46.1 Å². The summed E-state index contributed by atoms with van der Waals surface area (Å²) < 4.78 is 5.53. The molecule has 2 rings (SSSR count). The van der Waals surface area contributed by atoms with Gasteiger partial charge in [-0.2, -0.15) is 0 Å². The lowest BCUT2D eigenvalue weighted by Crippen LogP contribution is -2.53. The number of carbonyl (C=O) groups excluding carboxylic acids is 2. The third-order valence-corrected chi connectivity index (χ3v) is 5.62. The van der Waals surface area contributed by atoms with Crippen molar-refractivity contribution in [2.24, 2.45) is 5.41 Å². The number of cyclic esters (lactones) is 1. The average molecular weight is 376 g/mol. The van der Waals surface area contributed by atoms with Gasteiger partial charge in [0, 0.05) is 0 Å². The molecular weight excluding hydrogens is 342 g/mol. The van der Waals surface area contributed by atoms with E-state index in [9.17, 15) is 14.7 Å². The number of aliphatic hydroxyl groups excluding tert-OH is 1. The Bertz CT molecular complexity index is 654. The molecule has 1 aromatic rings. The van der Waals surface area contributed by atoms with E-state index >= 15 is 0 Å². The Kier molecular flexibility index (Phi) is 6.68. The summed E-state index contributed by atoms with van der Waals surface area (Å²) in [4.78, 5) is 27.1. The van der Waals surface area contributed by atoms with Crippen molar-refractivity contribution in [3.05, 3.63) is 35.9 Å². The number of unbranched alkanes of at least 4 members (excludes halogenated alkanes) is 2. The zero-order chi connectivity index (χ0) is 20.2. The van der Waals surface area contributed by atoms with Gasteiger partial charge >= 0.3 is 6.09 Å². The van der Waals surface area contributed by atoms with E-state index in [1.54, 1.807) is 13.8 Å². The maximum absolute atomic E-state index is 13.3. The summed E-state index contributed by atoms with van der Waals surface area (Å²) in [7, 11) is 0. The summed E-state index contributed by atoms with van der Waals surface area (Å²) in [6.07, 6.45) is 2.56. The highest BCUT2D eigenvalue weighted by Crippen LogP contribution is 2.37. The molecule has 5 heteroatoms. The van der Waals surface area contributed by atoms with Crippen LogP contribution in [0.3, 0.4) is 0 Å². The van der Waals surface area contributed by atoms with E-state index in [-0.39, 0.29) is 5.91 Å². The number of imide groups is 1. The number of carbonyl (C=O) groups is 2. The van der Waals surface area contributed by atoms with E-state index in [4.69, 9.17) is 4.74 Å². The van der Waals surface area contributed by atoms with Crippen molar-refractivity contribution in [2.75, 3.05) is 0 Å². The molecule has 1 aromatic carbocycles. The first-order valence-electron chi connectivity index (χ1n) is 9.90. The minimum atomic E-state index is -1.05. The highest BCUT2D eigenvalue weighted by molar-refractivity contribution is 5.97. The molecule has 2 unspecified atom stereocenters. The van der Waals surface area contributed by atoms with Gasteiger partial charge in [-0.15, -0.1) is 0 Å². The third kappa shape index (κ3) is 4.70. The number of hydrogen-bond donors (Lipinski definition) is 1. The van der Waals surface area contributed by atoms with Crippen LogP contribution in [0.2, 0.25) is 0 Å². The fourth-order valence-corrected chi connectivity index (χ4v) is 3.58. The molecular formula is C22H33NO4. The Morgan fingerprint density at radius 2 is 1.89 bits per heavy atom. The molecule has 27 heavy (non-hydrogen) atoms. The molecule has 1 aliphatic heterocycles. The zero-order valence-electron chi connectivity index (χ0n) is 17.2. The molecule has 1 N–H and O–H groups in total. The van der Waals surface area contributed by atoms with Crippen LogP contribution in [0.25, 0.3) is 0 Å². The standard InChI is InChI=1S/C22H33NO4/c1-6-7-9-14-18(24)21(2,3)19(25)23-17(22(4,5)27-20(23)26)15-16-12-10-8-11-13-16/h8,10-13,17-18,24H,6-7,9,14-15H2,1-5H3. The maximum Gasteiger partial charge on any atom is 0.417 e. The van der Waals surface area contributed by atoms with Crippen molar-refractivity contribution >= 4 is 12.0 Å². The molecule has 2 atom stereocenters. The Morgan fingerprint density at radius 1 is 1.26 bits per heavy atom. The second-order valence-electron chi connectivity index (χ2n) is 8.59. The summed E-state index contributed by atoms with van der Waals surface area (Å²) in [6, 6.07) is 9.35. The predicted molar refractivity (Wildman–Crippen MR) is 105 cm³/mol. The van der Waals surface area contributed by atoms with Gasteiger partial charge in [0.1, 0.15) is 5.60 Å². The molecule has 1 fully saturated rings. The molecule has 0 spiro atoms. The van der Waals surface area contributed by atoms with Crippen LogP contribution in [0.1, 0.15) is 65.9 Å². The Hall–Kier alpha value is -1.88. The Morgan fingerprint density at radius 3 is 2.48 bits per heavy atom. The minimum absolute atomic E-state index is 0.372. The lowest BCUT2D eigenvalue weighted by atomic mass is 9.81. The van der Waals surface area contributed by atoms with Gasteiger partial charge < -0.3 is 9.84 Å². The molecule has 1 heterocycles. The van der Waals surface area contributed by atoms with Crippen LogP contribution in [-0.2, 0) is 16.0 Å². The number of aliphatic hydroxyl groups is 1. The normalized spacial score (nSPS) is 20.4. The molecule has 0 bridgehead atoms. The Balaban J connectivity index is 2.23. The molecule has 0 radical (unpaired) electrons. The molecule has 1 aliphatic rings. The maximum atomic E-state index is 13.3. The van der Waals surface area contributed by atoms with Crippen molar-refractivity contribution < 1.29 is 19.4 Å². The summed E-state index contributed by atoms with van der Waals surface area (Å²) in [5.41, 5.74) is -0.804. The van der Waals surface area contributed by atoms with Crippen LogP contribution in [0, 0.1) is 5.41 Å². The summed E-state index contributed by atoms with van der Waals surface area (Å²) in [5, 5.41) is 10.6. The molecule has 0 aromatic heterocycles. The number of rotatable bonds is 8. The van der Waals surface area contributed by atoms with Crippen LogP contribution < -0.4 is 0 Å². The highest BCUT2D eigenvalue weighted by Gasteiger charge is 2.54. The fraction of sp³-hybridized carbons (Fsp3) is 0.636. The van der Waals surface area contributed by atoms with E-state index in [1.807, 2.05) is 44.2 Å². The van der Waals surface area contributed by atoms with Crippen molar-refractivity contribution in [2.45, 2.75) is 84.5 Å². The van der Waals surface area contributed by atoms with E-state index in [2.05, 4.69) is 6.92 Å². The molecule has 2 amide bonds. The van der Waals surface area contributed by atoms with Gasteiger partial charge in [-0.1, -0.05) is 56.5 Å². The van der Waals surface area contributed by atoms with E-state index in [1.165, 1.54) is 4.90 Å². The van der Waals surface area contributed by atoms with Crippen LogP contribution in [-0.4, -0.2) is 39.8 Å². The smallest absolute Gasteiger partial charge is 0.417 e. The second kappa shape index (κ2) is 8.42. The molecule has 150 valence electrons. The van der Waals surface area contributed by atoms with Gasteiger partial charge in [-0.3, -0.25) is 4.79 Å². The highest BCUT2D eigenvalue weighted by atomic mass is 16.6. The number of hydrogen-bond acceptors (Lipinski definition) is 4. The first-order valence-corrected chi connectivity index (χ1v) is 9.90. The van der Waals surface area contributed by atoms with E-state index in [0.29, 0.717) is 12.8 Å². The van der Waals surface area contributed by atoms with Gasteiger partial charge in [0.15, 0.2) is 0 Å². The van der Waals surface area contributed by atoms with Crippen LogP contribution in [0.15, 0.2) is 30.3 Å². The van der Waals surface area contributed by atoms with Gasteiger partial charge in [0.05, 0.1) is 17.6 Å². The van der Waals surface area contributed by atoms with Gasteiger partial charge in [0.25, 0.3) is 0 Å². The Labute approximate surface area is 162 Å². The lowest BCUT2D eigenvalue weighted by molar-refractivity contribution is -0.145. The second-order valence-corrected chi connectivity index (χ2v) is 8.59. The third-order valence-electron chi connectivity index (χ3n) is 5.62. The van der Waals surface area contributed by atoms with Crippen LogP contribution in [0.5, 0.6) is 0 Å². The first kappa shape index (κ1) is 21.4. The fourth-order valence-electron chi connectivity index (χ4n) is 3.58. The van der Waals surface area contributed by atoms with E-state index in [0.717, 1.165) is 24.8 Å². The van der Waals surface area contributed by atoms with Crippen molar-refractivity contribution in [3.63, 3.8) is 0 Å². The summed E-state index contributed by atoms with van der Waals surface area (Å²) in [6.45, 7) is 9.18. The molecule has 0 aliphatic carbocycles. The van der Waals surface area contributed by atoms with Crippen molar-refractivity contribution in [1.82, 2.24) is 4.90 Å². The largest absolute Gasteiger partial charge is 0.441 e. The number of nitrogens with zero attached hydrogens (tertiary/aromatic N) is 1. The number of benzene rings is 1. The monoisotopic (exact) mass is 375 g/mol. The van der Waals surface area contributed by atoms with Crippen molar-refractivity contribution in [1.29, 1.82) is 0 Å². The summed E-state index contributed by atoms with van der Waals surface area (Å²) >= 11 is 0. The van der Waals surface area contributed by atoms with Crippen LogP contribution in [0.4, 0.5) is 4.79 Å². The van der Waals surface area contributed by atoms with E-state index < -0.39 is 29.3 Å². The van der Waals surface area contributed by atoms with Gasteiger partial charge in [-0.25, -0.2) is 9.69 Å². The SMILES string of the molecule is CCCCCC(O)C(C)(C)C(=O)N1C(=O)OC(C)(C)C1Cc1ccccc1.